The average molecular weight is 265 g/mol. The van der Waals surface area contributed by atoms with Crippen LogP contribution < -0.4 is 11.3 Å². The molecule has 1 unspecified atom stereocenters. The van der Waals surface area contributed by atoms with Crippen LogP contribution in [0.15, 0.2) is 28.4 Å². The molecule has 2 aromatic heterocycles. The van der Waals surface area contributed by atoms with Gasteiger partial charge in [-0.05, 0) is 6.92 Å². The fourth-order valence-electron chi connectivity index (χ4n) is 1.60. The van der Waals surface area contributed by atoms with Gasteiger partial charge in [0, 0.05) is 37.1 Å². The summed E-state index contributed by atoms with van der Waals surface area (Å²) < 4.78 is 1.73. The molecule has 3 N–H and O–H groups in total. The summed E-state index contributed by atoms with van der Waals surface area (Å²) in [4.78, 5) is 18.3. The molecule has 6 nitrogen and oxygen atoms in total. The number of hydrogen-bond donors (Lipinski definition) is 2. The van der Waals surface area contributed by atoms with Gasteiger partial charge in [0.15, 0.2) is 5.16 Å². The second-order valence-corrected chi connectivity index (χ2v) is 5.17. The van der Waals surface area contributed by atoms with Gasteiger partial charge in [0.25, 0.3) is 5.56 Å². The van der Waals surface area contributed by atoms with Gasteiger partial charge in [-0.1, -0.05) is 11.8 Å². The molecule has 1 atom stereocenters. The Hall–Kier alpha value is -1.60. The van der Waals surface area contributed by atoms with Gasteiger partial charge < -0.3 is 10.7 Å². The number of thioether (sulfide) groups is 1. The van der Waals surface area contributed by atoms with E-state index in [2.05, 4.69) is 15.1 Å². The SMILES string of the molecule is Cc1cc(=O)[nH]c(SC(CN)c2cnn(C)c2)n1. The second kappa shape index (κ2) is 5.36. The highest BCUT2D eigenvalue weighted by atomic mass is 32.2. The van der Waals surface area contributed by atoms with Crippen LogP contribution in [0.5, 0.6) is 0 Å². The zero-order valence-electron chi connectivity index (χ0n) is 10.3. The lowest BCUT2D eigenvalue weighted by molar-refractivity contribution is 0.766. The average Bonchev–Trinajstić information content (AvgIpc) is 2.71. The van der Waals surface area contributed by atoms with Crippen molar-refractivity contribution in [3.8, 4) is 0 Å². The number of nitrogens with two attached hydrogens (primary N) is 1. The van der Waals surface area contributed by atoms with E-state index in [1.54, 1.807) is 17.8 Å². The Labute approximate surface area is 109 Å². The third-order valence-corrected chi connectivity index (χ3v) is 3.58. The van der Waals surface area contributed by atoms with Crippen LogP contribution in [-0.4, -0.2) is 26.3 Å². The van der Waals surface area contributed by atoms with Crippen LogP contribution in [0.3, 0.4) is 0 Å². The smallest absolute Gasteiger partial charge is 0.251 e. The van der Waals surface area contributed by atoms with E-state index in [-0.39, 0.29) is 10.8 Å². The topological polar surface area (TPSA) is 89.6 Å². The molecular formula is C11H15N5OS. The van der Waals surface area contributed by atoms with Gasteiger partial charge in [-0.15, -0.1) is 0 Å². The molecule has 96 valence electrons. The van der Waals surface area contributed by atoms with Crippen molar-refractivity contribution in [3.05, 3.63) is 40.1 Å². The number of nitrogens with zero attached hydrogens (tertiary/aromatic N) is 3. The van der Waals surface area contributed by atoms with Gasteiger partial charge in [-0.3, -0.25) is 9.48 Å². The number of hydrogen-bond acceptors (Lipinski definition) is 5. The Morgan fingerprint density at radius 1 is 1.61 bits per heavy atom. The maximum absolute atomic E-state index is 11.4. The van der Waals surface area contributed by atoms with E-state index >= 15 is 0 Å². The molecule has 0 aliphatic heterocycles. The number of rotatable bonds is 4. The van der Waals surface area contributed by atoms with Gasteiger partial charge >= 0.3 is 0 Å². The Morgan fingerprint density at radius 2 is 2.39 bits per heavy atom. The first-order valence-corrected chi connectivity index (χ1v) is 6.39. The van der Waals surface area contributed by atoms with E-state index < -0.39 is 0 Å². The largest absolute Gasteiger partial charge is 0.329 e. The molecule has 0 spiro atoms. The minimum atomic E-state index is -0.146. The summed E-state index contributed by atoms with van der Waals surface area (Å²) in [6.45, 7) is 2.24. The zero-order valence-corrected chi connectivity index (χ0v) is 11.1. The van der Waals surface area contributed by atoms with Crippen LogP contribution in [0.1, 0.15) is 16.5 Å². The Kier molecular flexibility index (Phi) is 3.83. The Morgan fingerprint density at radius 3 is 2.94 bits per heavy atom. The fourth-order valence-corrected chi connectivity index (χ4v) is 2.58. The summed E-state index contributed by atoms with van der Waals surface area (Å²) in [6, 6.07) is 1.46. The van der Waals surface area contributed by atoms with Gasteiger partial charge in [0.05, 0.1) is 11.4 Å². The molecule has 2 aromatic rings. The standard InChI is InChI=1S/C11H15N5OS/c1-7-3-10(17)15-11(14-7)18-9(4-12)8-5-13-16(2)6-8/h3,5-6,9H,4,12H2,1-2H3,(H,14,15,17). The molecule has 0 aliphatic carbocycles. The van der Waals surface area contributed by atoms with Gasteiger partial charge in [-0.2, -0.15) is 5.10 Å². The molecule has 18 heavy (non-hydrogen) atoms. The van der Waals surface area contributed by atoms with Gasteiger partial charge in [-0.25, -0.2) is 4.98 Å². The minimum absolute atomic E-state index is 0.0312. The van der Waals surface area contributed by atoms with Crippen LogP contribution in [0.25, 0.3) is 0 Å². The highest BCUT2D eigenvalue weighted by Crippen LogP contribution is 2.31. The highest BCUT2D eigenvalue weighted by molar-refractivity contribution is 7.99. The van der Waals surface area contributed by atoms with Crippen LogP contribution in [-0.2, 0) is 7.05 Å². The van der Waals surface area contributed by atoms with Crippen LogP contribution in [0, 0.1) is 6.92 Å². The summed E-state index contributed by atoms with van der Waals surface area (Å²) in [7, 11) is 1.86. The molecule has 0 bridgehead atoms. The van der Waals surface area contributed by atoms with E-state index in [1.165, 1.54) is 17.8 Å². The third kappa shape index (κ3) is 2.99. The van der Waals surface area contributed by atoms with Gasteiger partial charge in [0.2, 0.25) is 0 Å². The Balaban J connectivity index is 2.22. The van der Waals surface area contributed by atoms with E-state index in [0.717, 1.165) is 5.56 Å². The minimum Gasteiger partial charge on any atom is -0.329 e. The molecular weight excluding hydrogens is 250 g/mol. The van der Waals surface area contributed by atoms with E-state index in [1.807, 2.05) is 13.2 Å². The van der Waals surface area contributed by atoms with Crippen LogP contribution in [0.4, 0.5) is 0 Å². The number of aromatic nitrogens is 4. The molecule has 7 heteroatoms. The van der Waals surface area contributed by atoms with Crippen molar-refractivity contribution in [2.45, 2.75) is 17.3 Å². The normalized spacial score (nSPS) is 12.6. The van der Waals surface area contributed by atoms with Crippen LogP contribution >= 0.6 is 11.8 Å². The predicted molar refractivity (Wildman–Crippen MR) is 70.5 cm³/mol. The summed E-state index contributed by atoms with van der Waals surface area (Å²) in [6.07, 6.45) is 3.69. The Bertz CT molecular complexity index is 591. The monoisotopic (exact) mass is 265 g/mol. The van der Waals surface area contributed by atoms with Crippen molar-refractivity contribution in [1.82, 2.24) is 19.7 Å². The van der Waals surface area contributed by atoms with E-state index in [9.17, 15) is 4.79 Å². The van der Waals surface area contributed by atoms with Gasteiger partial charge in [0.1, 0.15) is 0 Å². The number of aryl methyl sites for hydroxylation is 2. The molecule has 0 aliphatic rings. The first kappa shape index (κ1) is 12.8. The third-order valence-electron chi connectivity index (χ3n) is 2.41. The summed E-state index contributed by atoms with van der Waals surface area (Å²) >= 11 is 1.44. The number of nitrogens with one attached hydrogen (secondary N) is 1. The maximum atomic E-state index is 11.4. The van der Waals surface area contributed by atoms with Crippen LogP contribution in [0.2, 0.25) is 0 Å². The van der Waals surface area contributed by atoms with Crippen molar-refractivity contribution in [2.75, 3.05) is 6.54 Å². The lowest BCUT2D eigenvalue weighted by Crippen LogP contribution is -2.12. The first-order chi connectivity index (χ1) is 8.58. The first-order valence-electron chi connectivity index (χ1n) is 5.51. The predicted octanol–water partition coefficient (Wildman–Crippen LogP) is 0.604. The van der Waals surface area contributed by atoms with E-state index in [0.29, 0.717) is 17.4 Å². The maximum Gasteiger partial charge on any atom is 0.251 e. The number of aromatic amines is 1. The second-order valence-electron chi connectivity index (χ2n) is 3.98. The molecule has 0 amide bonds. The quantitative estimate of drug-likeness (QED) is 0.624. The molecule has 2 heterocycles. The zero-order chi connectivity index (χ0) is 13.1. The van der Waals surface area contributed by atoms with Crippen molar-refractivity contribution >= 4 is 11.8 Å². The van der Waals surface area contributed by atoms with Crippen molar-refractivity contribution < 1.29 is 0 Å². The van der Waals surface area contributed by atoms with Crippen molar-refractivity contribution in [1.29, 1.82) is 0 Å². The summed E-state index contributed by atoms with van der Waals surface area (Å²) in [5.41, 5.74) is 7.33. The van der Waals surface area contributed by atoms with E-state index in [4.69, 9.17) is 5.73 Å². The molecule has 0 saturated carbocycles. The van der Waals surface area contributed by atoms with Crippen molar-refractivity contribution in [3.63, 3.8) is 0 Å². The highest BCUT2D eigenvalue weighted by Gasteiger charge is 2.14. The molecule has 0 radical (unpaired) electrons. The fraction of sp³-hybridized carbons (Fsp3) is 0.364. The van der Waals surface area contributed by atoms with Crippen molar-refractivity contribution in [2.24, 2.45) is 12.8 Å². The molecule has 2 rings (SSSR count). The molecule has 0 saturated heterocycles. The summed E-state index contributed by atoms with van der Waals surface area (Å²) in [5, 5.41) is 4.73. The molecule has 0 aromatic carbocycles. The lowest BCUT2D eigenvalue weighted by atomic mass is 10.2. The lowest BCUT2D eigenvalue weighted by Gasteiger charge is -2.11. The molecule has 0 fully saturated rings. The summed E-state index contributed by atoms with van der Waals surface area (Å²) in [5.74, 6) is 0. The number of H-pyrrole nitrogens is 1.